The first-order chi connectivity index (χ1) is 12.9. The van der Waals surface area contributed by atoms with Crippen LogP contribution in [0, 0.1) is 15.9 Å². The van der Waals surface area contributed by atoms with Crippen molar-refractivity contribution < 1.29 is 14.1 Å². The van der Waals surface area contributed by atoms with Gasteiger partial charge in [-0.1, -0.05) is 17.7 Å². The highest BCUT2D eigenvalue weighted by Crippen LogP contribution is 2.25. The number of carbonyl (C=O) groups excluding carboxylic acids is 1. The second-order valence-electron chi connectivity index (χ2n) is 5.27. The van der Waals surface area contributed by atoms with E-state index in [9.17, 15) is 24.1 Å². The van der Waals surface area contributed by atoms with Gasteiger partial charge in [-0.25, -0.2) is 9.37 Å². The van der Waals surface area contributed by atoms with E-state index >= 15 is 0 Å². The van der Waals surface area contributed by atoms with Gasteiger partial charge in [0.1, 0.15) is 17.6 Å². The number of nitrogens with zero attached hydrogens (tertiary/aromatic N) is 3. The van der Waals surface area contributed by atoms with Crippen LogP contribution in [0.2, 0.25) is 5.02 Å². The Labute approximate surface area is 160 Å². The molecule has 27 heavy (non-hydrogen) atoms. The predicted molar refractivity (Wildman–Crippen MR) is 97.9 cm³/mol. The zero-order valence-corrected chi connectivity index (χ0v) is 15.0. The summed E-state index contributed by atoms with van der Waals surface area (Å²) in [4.78, 5) is 38.6. The predicted octanol–water partition coefficient (Wildman–Crippen LogP) is 3.31. The van der Waals surface area contributed by atoms with Gasteiger partial charge in [0.15, 0.2) is 5.13 Å². The molecule has 11 heteroatoms. The van der Waals surface area contributed by atoms with E-state index in [4.69, 9.17) is 11.6 Å². The molecule has 0 unspecified atom stereocenters. The van der Waals surface area contributed by atoms with Gasteiger partial charge in [0, 0.05) is 16.8 Å². The Kier molecular flexibility index (Phi) is 5.28. The highest BCUT2D eigenvalue weighted by Gasteiger charge is 2.18. The highest BCUT2D eigenvalue weighted by molar-refractivity contribution is 7.18. The molecule has 2 heterocycles. The highest BCUT2D eigenvalue weighted by atomic mass is 35.5. The van der Waals surface area contributed by atoms with Gasteiger partial charge >= 0.3 is 5.00 Å². The molecule has 0 spiro atoms. The standard InChI is InChI=1S/C16H10ClFN4O4S/c17-11-4-1-5-12(18)10(11)8-21-6-2-3-9(15(21)24)14(23)20-16-19-7-13(27-16)22(25)26/h1-7H,8H2,(H,19,20,23). The second kappa shape index (κ2) is 7.64. The van der Waals surface area contributed by atoms with E-state index in [1.807, 2.05) is 0 Å². The van der Waals surface area contributed by atoms with Crippen LogP contribution < -0.4 is 10.9 Å². The molecule has 0 bridgehead atoms. The van der Waals surface area contributed by atoms with E-state index in [0.29, 0.717) is 11.3 Å². The normalized spacial score (nSPS) is 10.6. The number of anilines is 1. The van der Waals surface area contributed by atoms with Crippen molar-refractivity contribution in [2.24, 2.45) is 0 Å². The molecule has 0 aliphatic rings. The third kappa shape index (κ3) is 4.01. The summed E-state index contributed by atoms with van der Waals surface area (Å²) < 4.78 is 15.1. The quantitative estimate of drug-likeness (QED) is 0.514. The van der Waals surface area contributed by atoms with Crippen LogP contribution in [0.25, 0.3) is 0 Å². The lowest BCUT2D eigenvalue weighted by atomic mass is 10.2. The summed E-state index contributed by atoms with van der Waals surface area (Å²) in [6, 6.07) is 6.91. The molecule has 1 amide bonds. The molecule has 0 fully saturated rings. The van der Waals surface area contributed by atoms with Crippen molar-refractivity contribution >= 4 is 39.0 Å². The number of thiazole rings is 1. The molecule has 138 valence electrons. The Morgan fingerprint density at radius 2 is 2.15 bits per heavy atom. The van der Waals surface area contributed by atoms with Crippen molar-refractivity contribution in [1.82, 2.24) is 9.55 Å². The maximum atomic E-state index is 13.9. The molecular weight excluding hydrogens is 399 g/mol. The fourth-order valence-corrected chi connectivity index (χ4v) is 3.11. The maximum Gasteiger partial charge on any atom is 0.345 e. The van der Waals surface area contributed by atoms with E-state index in [-0.39, 0.29) is 32.8 Å². The number of rotatable bonds is 5. The van der Waals surface area contributed by atoms with E-state index in [1.54, 1.807) is 0 Å². The Balaban J connectivity index is 1.87. The maximum absolute atomic E-state index is 13.9. The van der Waals surface area contributed by atoms with Crippen molar-refractivity contribution in [2.45, 2.75) is 6.54 Å². The number of nitro groups is 1. The zero-order chi connectivity index (χ0) is 19.6. The molecule has 0 radical (unpaired) electrons. The minimum absolute atomic E-state index is 0.0151. The Bertz CT molecular complexity index is 1080. The van der Waals surface area contributed by atoms with Crippen LogP contribution in [0.4, 0.5) is 14.5 Å². The number of amides is 1. The van der Waals surface area contributed by atoms with Gasteiger partial charge < -0.3 is 4.57 Å². The lowest BCUT2D eigenvalue weighted by Gasteiger charge is -2.10. The number of halogens is 2. The fourth-order valence-electron chi connectivity index (χ4n) is 2.26. The molecule has 0 atom stereocenters. The number of pyridine rings is 1. The molecule has 3 rings (SSSR count). The first-order valence-electron chi connectivity index (χ1n) is 7.40. The van der Waals surface area contributed by atoms with Crippen LogP contribution in [-0.4, -0.2) is 20.4 Å². The van der Waals surface area contributed by atoms with Gasteiger partial charge in [-0.3, -0.25) is 25.0 Å². The van der Waals surface area contributed by atoms with Crippen LogP contribution in [0.1, 0.15) is 15.9 Å². The summed E-state index contributed by atoms with van der Waals surface area (Å²) >= 11 is 6.64. The van der Waals surface area contributed by atoms with Gasteiger partial charge in [-0.15, -0.1) is 0 Å². The van der Waals surface area contributed by atoms with Crippen molar-refractivity contribution in [2.75, 3.05) is 5.32 Å². The number of carbonyl (C=O) groups is 1. The molecule has 0 aliphatic carbocycles. The Morgan fingerprint density at radius 3 is 2.81 bits per heavy atom. The SMILES string of the molecule is O=C(Nc1ncc([N+](=O)[O-])s1)c1cccn(Cc2c(F)cccc2Cl)c1=O. The minimum atomic E-state index is -0.779. The van der Waals surface area contributed by atoms with Crippen molar-refractivity contribution in [3.05, 3.63) is 85.2 Å². The molecule has 1 aromatic carbocycles. The summed E-state index contributed by atoms with van der Waals surface area (Å²) in [5.41, 5.74) is -0.766. The third-order valence-electron chi connectivity index (χ3n) is 3.55. The summed E-state index contributed by atoms with van der Waals surface area (Å²) in [5.74, 6) is -1.35. The number of aromatic nitrogens is 2. The lowest BCUT2D eigenvalue weighted by molar-refractivity contribution is -0.380. The molecule has 0 aliphatic heterocycles. The van der Waals surface area contributed by atoms with E-state index in [2.05, 4.69) is 10.3 Å². The van der Waals surface area contributed by atoms with Crippen LogP contribution in [0.3, 0.4) is 0 Å². The minimum Gasteiger partial charge on any atom is -0.310 e. The summed E-state index contributed by atoms with van der Waals surface area (Å²) in [7, 11) is 0. The average Bonchev–Trinajstić information content (AvgIpc) is 3.08. The Morgan fingerprint density at radius 1 is 1.37 bits per heavy atom. The number of benzene rings is 1. The number of nitrogens with one attached hydrogen (secondary N) is 1. The molecule has 0 saturated carbocycles. The number of hydrogen-bond acceptors (Lipinski definition) is 6. The molecular formula is C16H10ClFN4O4S. The second-order valence-corrected chi connectivity index (χ2v) is 6.69. The molecule has 2 aromatic heterocycles. The summed E-state index contributed by atoms with van der Waals surface area (Å²) in [6.07, 6.45) is 2.40. The Hall–Kier alpha value is -3.11. The number of hydrogen-bond donors (Lipinski definition) is 1. The fraction of sp³-hybridized carbons (Fsp3) is 0.0625. The van der Waals surface area contributed by atoms with Crippen LogP contribution >= 0.6 is 22.9 Å². The van der Waals surface area contributed by atoms with E-state index < -0.39 is 22.2 Å². The van der Waals surface area contributed by atoms with Gasteiger partial charge in [-0.05, 0) is 35.6 Å². The van der Waals surface area contributed by atoms with Gasteiger partial charge in [0.25, 0.3) is 11.5 Å². The van der Waals surface area contributed by atoms with Crippen molar-refractivity contribution in [3.63, 3.8) is 0 Å². The van der Waals surface area contributed by atoms with E-state index in [1.165, 1.54) is 36.5 Å². The van der Waals surface area contributed by atoms with Gasteiger partial charge in [0.05, 0.1) is 11.5 Å². The smallest absolute Gasteiger partial charge is 0.310 e. The van der Waals surface area contributed by atoms with Gasteiger partial charge in [-0.2, -0.15) is 0 Å². The molecule has 8 nitrogen and oxygen atoms in total. The average molecular weight is 409 g/mol. The summed E-state index contributed by atoms with van der Waals surface area (Å²) in [6.45, 7) is -0.159. The lowest BCUT2D eigenvalue weighted by Crippen LogP contribution is -2.29. The van der Waals surface area contributed by atoms with Crippen LogP contribution in [0.5, 0.6) is 0 Å². The third-order valence-corrected chi connectivity index (χ3v) is 4.77. The van der Waals surface area contributed by atoms with Crippen LogP contribution in [0.15, 0.2) is 47.5 Å². The molecule has 1 N–H and O–H groups in total. The largest absolute Gasteiger partial charge is 0.345 e. The van der Waals surface area contributed by atoms with Crippen molar-refractivity contribution in [3.8, 4) is 0 Å². The van der Waals surface area contributed by atoms with Gasteiger partial charge in [0.2, 0.25) is 0 Å². The summed E-state index contributed by atoms with van der Waals surface area (Å²) in [5, 5.41) is 12.9. The van der Waals surface area contributed by atoms with Crippen molar-refractivity contribution in [1.29, 1.82) is 0 Å². The first kappa shape index (κ1) is 18.7. The first-order valence-corrected chi connectivity index (χ1v) is 8.60. The zero-order valence-electron chi connectivity index (χ0n) is 13.4. The monoisotopic (exact) mass is 408 g/mol. The van der Waals surface area contributed by atoms with Crippen LogP contribution in [-0.2, 0) is 6.54 Å². The molecule has 0 saturated heterocycles. The topological polar surface area (TPSA) is 107 Å². The van der Waals surface area contributed by atoms with E-state index in [0.717, 1.165) is 10.8 Å². The molecule has 3 aromatic rings.